The number of benzene rings is 2. The van der Waals surface area contributed by atoms with Crippen LogP contribution in [0.25, 0.3) is 0 Å². The second kappa shape index (κ2) is 12.7. The molecule has 0 bridgehead atoms. The third-order valence-electron chi connectivity index (χ3n) is 4.99. The maximum absolute atomic E-state index is 12.7. The highest BCUT2D eigenvalue weighted by molar-refractivity contribution is 7.80. The van der Waals surface area contributed by atoms with E-state index in [1.165, 1.54) is 6.21 Å². The first-order chi connectivity index (χ1) is 17.3. The molecule has 0 radical (unpaired) electrons. The summed E-state index contributed by atoms with van der Waals surface area (Å²) >= 11 is 5.29. The molecular weight excluding hydrogens is 480 g/mol. The van der Waals surface area contributed by atoms with Gasteiger partial charge in [-0.3, -0.25) is 4.79 Å². The molecule has 190 valence electrons. The Morgan fingerprint density at radius 3 is 2.72 bits per heavy atom. The van der Waals surface area contributed by atoms with Gasteiger partial charge in [-0.1, -0.05) is 30.3 Å². The molecule has 0 aromatic heterocycles. The number of hydrogen-bond donors (Lipinski definition) is 3. The zero-order valence-electron chi connectivity index (χ0n) is 20.7. The summed E-state index contributed by atoms with van der Waals surface area (Å²) in [6, 6.07) is 13.9. The van der Waals surface area contributed by atoms with Crippen LogP contribution in [0.1, 0.15) is 44.9 Å². The molecule has 1 aliphatic rings. The van der Waals surface area contributed by atoms with Crippen LogP contribution in [-0.4, -0.2) is 42.5 Å². The Hall–Kier alpha value is -3.92. The van der Waals surface area contributed by atoms with Crippen LogP contribution < -0.4 is 25.5 Å². The summed E-state index contributed by atoms with van der Waals surface area (Å²) in [5.74, 6) is 0.235. The predicted molar refractivity (Wildman–Crippen MR) is 141 cm³/mol. The van der Waals surface area contributed by atoms with Crippen LogP contribution in [0.2, 0.25) is 0 Å². The van der Waals surface area contributed by atoms with Gasteiger partial charge in [0, 0.05) is 11.3 Å². The fraction of sp³-hybridized carbons (Fsp3) is 0.308. The van der Waals surface area contributed by atoms with Crippen molar-refractivity contribution in [2.75, 3.05) is 13.2 Å². The number of nitrogens with zero attached hydrogens (tertiary/aromatic N) is 1. The Morgan fingerprint density at radius 1 is 1.19 bits per heavy atom. The van der Waals surface area contributed by atoms with Crippen LogP contribution in [0, 0.1) is 0 Å². The second-order valence-corrected chi connectivity index (χ2v) is 8.56. The van der Waals surface area contributed by atoms with E-state index < -0.39 is 17.9 Å². The molecule has 0 saturated heterocycles. The summed E-state index contributed by atoms with van der Waals surface area (Å²) in [6.45, 7) is 7.35. The van der Waals surface area contributed by atoms with E-state index in [0.717, 1.165) is 11.3 Å². The van der Waals surface area contributed by atoms with Gasteiger partial charge in [0.2, 0.25) is 0 Å². The normalized spacial score (nSPS) is 15.4. The second-order valence-electron chi connectivity index (χ2n) is 8.15. The first kappa shape index (κ1) is 26.7. The lowest BCUT2D eigenvalue weighted by molar-refractivity contribution is -0.139. The van der Waals surface area contributed by atoms with Crippen molar-refractivity contribution in [2.45, 2.75) is 39.8 Å². The number of carbonyl (C=O) groups is 2. The number of carbonyl (C=O) groups excluding carboxylic acids is 2. The number of thiocarbonyl (C=S) groups is 1. The van der Waals surface area contributed by atoms with Crippen LogP contribution in [0.15, 0.2) is 64.9 Å². The quantitative estimate of drug-likeness (QED) is 0.193. The minimum Gasteiger partial charge on any atom is -0.491 e. The molecule has 36 heavy (non-hydrogen) atoms. The van der Waals surface area contributed by atoms with E-state index in [9.17, 15) is 9.59 Å². The van der Waals surface area contributed by atoms with Crippen LogP contribution in [0.3, 0.4) is 0 Å². The van der Waals surface area contributed by atoms with Crippen molar-refractivity contribution in [3.05, 3.63) is 70.9 Å². The fourth-order valence-corrected chi connectivity index (χ4v) is 3.82. The average molecular weight is 511 g/mol. The summed E-state index contributed by atoms with van der Waals surface area (Å²) in [4.78, 5) is 25.0. The molecule has 0 unspecified atom stereocenters. The Bertz CT molecular complexity index is 1180. The maximum atomic E-state index is 12.7. The highest BCUT2D eigenvalue weighted by Gasteiger charge is 2.32. The van der Waals surface area contributed by atoms with Gasteiger partial charge in [-0.2, -0.15) is 5.10 Å². The lowest BCUT2D eigenvalue weighted by atomic mass is 9.95. The third-order valence-corrected chi connectivity index (χ3v) is 5.21. The lowest BCUT2D eigenvalue weighted by Crippen LogP contribution is -2.45. The van der Waals surface area contributed by atoms with Crippen LogP contribution in [0.4, 0.5) is 0 Å². The van der Waals surface area contributed by atoms with Gasteiger partial charge < -0.3 is 24.8 Å². The summed E-state index contributed by atoms with van der Waals surface area (Å²) in [6.07, 6.45) is 1.58. The van der Waals surface area contributed by atoms with E-state index in [4.69, 9.17) is 26.4 Å². The van der Waals surface area contributed by atoms with Gasteiger partial charge in [0.1, 0.15) is 11.5 Å². The number of hydrogen-bond acceptors (Lipinski definition) is 7. The van der Waals surface area contributed by atoms with Gasteiger partial charge in [0.25, 0.3) is 5.91 Å². The number of hydrazone groups is 1. The largest absolute Gasteiger partial charge is 0.491 e. The van der Waals surface area contributed by atoms with E-state index in [-0.39, 0.29) is 19.3 Å². The molecule has 2 aromatic rings. The van der Waals surface area contributed by atoms with Crippen molar-refractivity contribution in [3.8, 4) is 11.5 Å². The maximum Gasteiger partial charge on any atom is 0.338 e. The average Bonchev–Trinajstić information content (AvgIpc) is 2.82. The summed E-state index contributed by atoms with van der Waals surface area (Å²) in [7, 11) is 0. The van der Waals surface area contributed by atoms with Gasteiger partial charge in [0.15, 0.2) is 11.7 Å². The van der Waals surface area contributed by atoms with E-state index in [1.54, 1.807) is 32.0 Å². The Balaban J connectivity index is 1.67. The van der Waals surface area contributed by atoms with Crippen molar-refractivity contribution in [3.63, 3.8) is 0 Å². The molecule has 1 amide bonds. The van der Waals surface area contributed by atoms with Gasteiger partial charge in [-0.05, 0) is 63.7 Å². The number of para-hydroxylation sites is 1. The standard InChI is InChI=1S/C26H30N4O5S/c1-5-33-25(32)23-17(4)28-26(36)29-24(23)20-11-6-7-12-21(20)34-15-22(31)30-27-14-18-9-8-10-19(13-18)35-16(2)3/h6-14,16,24H,5,15H2,1-4H3,(H,30,31)(H2,28,29,36)/t24-/m0/s1. The molecule has 1 aliphatic heterocycles. The highest BCUT2D eigenvalue weighted by atomic mass is 32.1. The van der Waals surface area contributed by atoms with Crippen LogP contribution >= 0.6 is 12.2 Å². The molecule has 2 aromatic carbocycles. The Kier molecular flexibility index (Phi) is 9.40. The van der Waals surface area contributed by atoms with Gasteiger partial charge in [0.05, 0.1) is 30.5 Å². The number of amides is 1. The van der Waals surface area contributed by atoms with E-state index in [0.29, 0.717) is 27.7 Å². The first-order valence-corrected chi connectivity index (χ1v) is 11.9. The molecule has 0 aliphatic carbocycles. The summed E-state index contributed by atoms with van der Waals surface area (Å²) < 4.78 is 16.7. The van der Waals surface area contributed by atoms with Crippen molar-refractivity contribution >= 4 is 35.4 Å². The zero-order chi connectivity index (χ0) is 26.1. The number of rotatable bonds is 10. The molecule has 1 atom stereocenters. The zero-order valence-corrected chi connectivity index (χ0v) is 21.5. The Morgan fingerprint density at radius 2 is 1.97 bits per heavy atom. The van der Waals surface area contributed by atoms with Gasteiger partial charge in [-0.15, -0.1) is 0 Å². The summed E-state index contributed by atoms with van der Waals surface area (Å²) in [5, 5.41) is 10.4. The third kappa shape index (κ3) is 7.29. The highest BCUT2D eigenvalue weighted by Crippen LogP contribution is 2.33. The Labute approximate surface area is 215 Å². The lowest BCUT2D eigenvalue weighted by Gasteiger charge is -2.30. The molecule has 0 saturated carbocycles. The minimum absolute atomic E-state index is 0.0559. The number of allylic oxidation sites excluding steroid dienone is 1. The van der Waals surface area contributed by atoms with Crippen molar-refractivity contribution in [2.24, 2.45) is 5.10 Å². The monoisotopic (exact) mass is 510 g/mol. The van der Waals surface area contributed by atoms with Gasteiger partial charge >= 0.3 is 5.97 Å². The molecule has 10 heteroatoms. The van der Waals surface area contributed by atoms with E-state index in [2.05, 4.69) is 21.2 Å². The molecule has 3 N–H and O–H groups in total. The van der Waals surface area contributed by atoms with Crippen molar-refractivity contribution in [1.29, 1.82) is 0 Å². The van der Waals surface area contributed by atoms with Crippen LogP contribution in [0.5, 0.6) is 11.5 Å². The number of ether oxygens (including phenoxy) is 3. The molecule has 9 nitrogen and oxygen atoms in total. The van der Waals surface area contributed by atoms with Crippen molar-refractivity contribution in [1.82, 2.24) is 16.1 Å². The number of esters is 1. The molecular formula is C26H30N4O5S. The fourth-order valence-electron chi connectivity index (χ4n) is 3.55. The molecule has 1 heterocycles. The van der Waals surface area contributed by atoms with Crippen molar-refractivity contribution < 1.29 is 23.8 Å². The first-order valence-electron chi connectivity index (χ1n) is 11.5. The topological polar surface area (TPSA) is 110 Å². The van der Waals surface area contributed by atoms with E-state index in [1.807, 2.05) is 44.2 Å². The molecule has 3 rings (SSSR count). The number of nitrogens with one attached hydrogen (secondary N) is 3. The predicted octanol–water partition coefficient (Wildman–Crippen LogP) is 3.36. The SMILES string of the molecule is CCOC(=O)C1=C(C)NC(=S)N[C@H]1c1ccccc1OCC(=O)NN=Cc1cccc(OC(C)C)c1. The van der Waals surface area contributed by atoms with Gasteiger partial charge in [-0.25, -0.2) is 10.2 Å². The molecule has 0 fully saturated rings. The minimum atomic E-state index is -0.601. The van der Waals surface area contributed by atoms with Crippen LogP contribution in [-0.2, 0) is 14.3 Å². The van der Waals surface area contributed by atoms with E-state index >= 15 is 0 Å². The summed E-state index contributed by atoms with van der Waals surface area (Å²) in [5.41, 5.74) is 4.85. The molecule has 0 spiro atoms. The smallest absolute Gasteiger partial charge is 0.338 e.